The third-order valence-corrected chi connectivity index (χ3v) is 2.30. The molecule has 2 atom stereocenters. The zero-order valence-corrected chi connectivity index (χ0v) is 9.48. The second-order valence-corrected chi connectivity index (χ2v) is 3.62. The van der Waals surface area contributed by atoms with Gasteiger partial charge < -0.3 is 24.6 Å². The van der Waals surface area contributed by atoms with Gasteiger partial charge in [-0.2, -0.15) is 0 Å². The Kier molecular flexibility index (Phi) is 6.32. The minimum atomic E-state index is -0.449. The topological polar surface area (TPSA) is 77.0 Å². The summed E-state index contributed by atoms with van der Waals surface area (Å²) in [7, 11) is 1.60. The summed E-state index contributed by atoms with van der Waals surface area (Å²) in [6.07, 6.45) is -0.0286. The first-order chi connectivity index (χ1) is 7.74. The summed E-state index contributed by atoms with van der Waals surface area (Å²) in [6, 6.07) is -0.381. The van der Waals surface area contributed by atoms with E-state index in [1.807, 2.05) is 0 Å². The van der Waals surface area contributed by atoms with Crippen LogP contribution in [0.5, 0.6) is 0 Å². The second kappa shape index (κ2) is 7.56. The standard InChI is InChI=1S/C10H19NO5/c1-14-2-3-15-4-5-16-10(13)9-6-8(12)7-11-9/h8-9,11-12H,2-7H2,1H3. The highest BCUT2D eigenvalue weighted by Crippen LogP contribution is 2.07. The molecule has 0 aromatic heterocycles. The first kappa shape index (κ1) is 13.4. The summed E-state index contributed by atoms with van der Waals surface area (Å²) in [4.78, 5) is 11.4. The van der Waals surface area contributed by atoms with Gasteiger partial charge in [-0.3, -0.25) is 4.79 Å². The fourth-order valence-electron chi connectivity index (χ4n) is 1.44. The number of β-amino-alcohol motifs (C(OH)–C–C–N with tert-alkyl or cyclic N) is 1. The van der Waals surface area contributed by atoms with Crippen LogP contribution in [-0.2, 0) is 19.0 Å². The van der Waals surface area contributed by atoms with Crippen LogP contribution in [0.3, 0.4) is 0 Å². The van der Waals surface area contributed by atoms with Crippen LogP contribution in [0, 0.1) is 0 Å². The van der Waals surface area contributed by atoms with Crippen LogP contribution in [0.15, 0.2) is 0 Å². The number of hydrogen-bond donors (Lipinski definition) is 2. The summed E-state index contributed by atoms with van der Waals surface area (Å²) in [6.45, 7) is 2.07. The van der Waals surface area contributed by atoms with Crippen LogP contribution in [0.2, 0.25) is 0 Å². The smallest absolute Gasteiger partial charge is 0.323 e. The number of carbonyl (C=O) groups is 1. The Labute approximate surface area is 94.9 Å². The van der Waals surface area contributed by atoms with Gasteiger partial charge in [0.1, 0.15) is 12.6 Å². The van der Waals surface area contributed by atoms with E-state index in [1.165, 1.54) is 0 Å². The molecule has 2 unspecified atom stereocenters. The summed E-state index contributed by atoms with van der Waals surface area (Å²) < 4.78 is 14.9. The summed E-state index contributed by atoms with van der Waals surface area (Å²) >= 11 is 0. The lowest BCUT2D eigenvalue weighted by molar-refractivity contribution is -0.147. The van der Waals surface area contributed by atoms with Crippen LogP contribution < -0.4 is 5.32 Å². The highest BCUT2D eigenvalue weighted by atomic mass is 16.6. The Hall–Kier alpha value is -0.690. The molecule has 94 valence electrons. The van der Waals surface area contributed by atoms with Gasteiger partial charge >= 0.3 is 5.97 Å². The Morgan fingerprint density at radius 3 is 2.75 bits per heavy atom. The van der Waals surface area contributed by atoms with Gasteiger partial charge in [0.15, 0.2) is 0 Å². The third-order valence-electron chi connectivity index (χ3n) is 2.30. The van der Waals surface area contributed by atoms with Crippen molar-refractivity contribution >= 4 is 5.97 Å². The van der Waals surface area contributed by atoms with E-state index < -0.39 is 6.10 Å². The molecule has 16 heavy (non-hydrogen) atoms. The molecule has 1 fully saturated rings. The van der Waals surface area contributed by atoms with E-state index in [0.29, 0.717) is 32.8 Å². The van der Waals surface area contributed by atoms with Gasteiger partial charge in [0.2, 0.25) is 0 Å². The summed E-state index contributed by atoms with van der Waals surface area (Å²) in [5.41, 5.74) is 0. The molecule has 0 spiro atoms. The molecule has 0 saturated carbocycles. The van der Waals surface area contributed by atoms with Gasteiger partial charge in [-0.25, -0.2) is 0 Å². The number of ether oxygens (including phenoxy) is 3. The van der Waals surface area contributed by atoms with E-state index in [9.17, 15) is 9.90 Å². The van der Waals surface area contributed by atoms with Gasteiger partial charge in [-0.1, -0.05) is 0 Å². The van der Waals surface area contributed by atoms with Gasteiger partial charge in [-0.15, -0.1) is 0 Å². The molecule has 0 aromatic rings. The Morgan fingerprint density at radius 2 is 2.12 bits per heavy atom. The number of carbonyl (C=O) groups excluding carboxylic acids is 1. The normalized spacial score (nSPS) is 24.6. The number of aliphatic hydroxyl groups is 1. The predicted octanol–water partition coefficient (Wildman–Crippen LogP) is -1.08. The van der Waals surface area contributed by atoms with Gasteiger partial charge in [0, 0.05) is 20.1 Å². The predicted molar refractivity (Wildman–Crippen MR) is 56.1 cm³/mol. The van der Waals surface area contributed by atoms with E-state index in [2.05, 4.69) is 5.32 Å². The highest BCUT2D eigenvalue weighted by Gasteiger charge is 2.28. The fraction of sp³-hybridized carbons (Fsp3) is 0.900. The average Bonchev–Trinajstić information content (AvgIpc) is 2.70. The maximum absolute atomic E-state index is 11.4. The van der Waals surface area contributed by atoms with Crippen molar-refractivity contribution in [2.75, 3.05) is 40.1 Å². The fourth-order valence-corrected chi connectivity index (χ4v) is 1.44. The van der Waals surface area contributed by atoms with Crippen molar-refractivity contribution in [3.05, 3.63) is 0 Å². The van der Waals surface area contributed by atoms with Crippen molar-refractivity contribution in [3.8, 4) is 0 Å². The Morgan fingerprint density at radius 1 is 1.38 bits per heavy atom. The van der Waals surface area contributed by atoms with Crippen molar-refractivity contribution < 1.29 is 24.1 Å². The van der Waals surface area contributed by atoms with Crippen molar-refractivity contribution in [3.63, 3.8) is 0 Å². The zero-order valence-electron chi connectivity index (χ0n) is 9.48. The molecule has 1 saturated heterocycles. The number of hydrogen-bond acceptors (Lipinski definition) is 6. The molecule has 1 aliphatic rings. The lowest BCUT2D eigenvalue weighted by Crippen LogP contribution is -2.33. The monoisotopic (exact) mass is 233 g/mol. The number of esters is 1. The minimum Gasteiger partial charge on any atom is -0.462 e. The molecule has 2 N–H and O–H groups in total. The quantitative estimate of drug-likeness (QED) is 0.430. The lowest BCUT2D eigenvalue weighted by atomic mass is 10.2. The molecule has 0 aliphatic carbocycles. The van der Waals surface area contributed by atoms with E-state index in [1.54, 1.807) is 7.11 Å². The molecule has 0 aromatic carbocycles. The van der Waals surface area contributed by atoms with E-state index >= 15 is 0 Å². The van der Waals surface area contributed by atoms with Crippen LogP contribution in [0.1, 0.15) is 6.42 Å². The van der Waals surface area contributed by atoms with Crippen LogP contribution >= 0.6 is 0 Å². The number of rotatable bonds is 7. The maximum atomic E-state index is 11.4. The van der Waals surface area contributed by atoms with Gasteiger partial charge in [-0.05, 0) is 0 Å². The molecule has 1 aliphatic heterocycles. The van der Waals surface area contributed by atoms with Gasteiger partial charge in [0.05, 0.1) is 25.9 Å². The van der Waals surface area contributed by atoms with E-state index in [-0.39, 0.29) is 18.6 Å². The van der Waals surface area contributed by atoms with E-state index in [0.717, 1.165) is 0 Å². The molecular weight excluding hydrogens is 214 g/mol. The highest BCUT2D eigenvalue weighted by molar-refractivity contribution is 5.76. The molecule has 6 nitrogen and oxygen atoms in total. The zero-order chi connectivity index (χ0) is 11.8. The summed E-state index contributed by atoms with van der Waals surface area (Å²) in [5.74, 6) is -0.327. The molecule has 1 rings (SSSR count). The third kappa shape index (κ3) is 4.89. The molecule has 6 heteroatoms. The first-order valence-electron chi connectivity index (χ1n) is 5.39. The first-order valence-corrected chi connectivity index (χ1v) is 5.39. The maximum Gasteiger partial charge on any atom is 0.323 e. The second-order valence-electron chi connectivity index (χ2n) is 3.62. The molecule has 0 amide bonds. The van der Waals surface area contributed by atoms with Crippen molar-refractivity contribution in [2.24, 2.45) is 0 Å². The Bertz CT molecular complexity index is 211. The van der Waals surface area contributed by atoms with Crippen molar-refractivity contribution in [1.82, 2.24) is 5.32 Å². The molecule has 0 radical (unpaired) electrons. The summed E-state index contributed by atoms with van der Waals surface area (Å²) in [5, 5.41) is 12.1. The Balaban J connectivity index is 1.98. The molecule has 1 heterocycles. The van der Waals surface area contributed by atoms with Crippen LogP contribution in [0.4, 0.5) is 0 Å². The molecular formula is C10H19NO5. The van der Waals surface area contributed by atoms with Gasteiger partial charge in [0.25, 0.3) is 0 Å². The number of aliphatic hydroxyl groups excluding tert-OH is 1. The number of nitrogens with one attached hydrogen (secondary N) is 1. The van der Waals surface area contributed by atoms with Crippen LogP contribution in [-0.4, -0.2) is 63.3 Å². The number of methoxy groups -OCH3 is 1. The largest absolute Gasteiger partial charge is 0.462 e. The lowest BCUT2D eigenvalue weighted by Gasteiger charge is -2.10. The average molecular weight is 233 g/mol. The van der Waals surface area contributed by atoms with Crippen molar-refractivity contribution in [2.45, 2.75) is 18.6 Å². The SMILES string of the molecule is COCCOCCOC(=O)C1CC(O)CN1. The van der Waals surface area contributed by atoms with E-state index in [4.69, 9.17) is 14.2 Å². The minimum absolute atomic E-state index is 0.233. The van der Waals surface area contributed by atoms with Crippen LogP contribution in [0.25, 0.3) is 0 Å². The molecule has 0 bridgehead atoms. The van der Waals surface area contributed by atoms with Crippen molar-refractivity contribution in [1.29, 1.82) is 0 Å².